The van der Waals surface area contributed by atoms with Gasteiger partial charge in [0.1, 0.15) is 0 Å². The highest BCUT2D eigenvalue weighted by Crippen LogP contribution is 2.59. The molecule has 0 heterocycles. The Morgan fingerprint density at radius 2 is 0.327 bits per heavy atom. The lowest BCUT2D eigenvalue weighted by molar-refractivity contribution is 0.769. The number of benzene rings is 16. The van der Waals surface area contributed by atoms with Gasteiger partial charge in [-0.15, -0.1) is 0 Å². The van der Waals surface area contributed by atoms with Crippen LogP contribution in [0.25, 0.3) is 145 Å². The van der Waals surface area contributed by atoms with Crippen LogP contribution in [0.15, 0.2) is 394 Å². The first kappa shape index (κ1) is 59.3. The first-order valence-corrected chi connectivity index (χ1v) is 34.0. The minimum Gasteiger partial charge on any atom is -0.0622 e. The Kier molecular flexibility index (Phi) is 15.5. The minimum absolute atomic E-state index is 0.896. The van der Waals surface area contributed by atoms with Crippen LogP contribution in [0.2, 0.25) is 0 Å². The molecule has 0 aliphatic heterocycles. The highest BCUT2D eigenvalue weighted by molar-refractivity contribution is 5.94. The largest absolute Gasteiger partial charge is 0.0714 e. The van der Waals surface area contributed by atoms with Crippen molar-refractivity contribution in [2.45, 2.75) is 12.3 Å². The fraction of sp³-hybridized carbons (Fsp3) is 0.0204. The first-order chi connectivity index (χ1) is 48.4. The van der Waals surface area contributed by atoms with E-state index in [0.29, 0.717) is 0 Å². The van der Waals surface area contributed by atoms with Gasteiger partial charge in [-0.2, -0.15) is 0 Å². The SMILES string of the molecule is Cc1ccc2c(c1)-c1ccccc1C2(c1cc(-c2cc(-c3ccccc3)cc(-c3ccccc3)c2)cc(-c2cc(-c3ccccc3)cc(-c3ccccc3)c2)c1)c1cc(-c2cc(-c3ccccc3)cc(-c3ccccc3)c2)cc(-c2cc(-c3ccccc3)cc(-c3ccccc3)c2)c1. The van der Waals surface area contributed by atoms with E-state index in [2.05, 4.69) is 401 Å². The van der Waals surface area contributed by atoms with Gasteiger partial charge >= 0.3 is 0 Å². The molecule has 0 saturated heterocycles. The van der Waals surface area contributed by atoms with E-state index >= 15 is 0 Å². The van der Waals surface area contributed by atoms with Crippen LogP contribution in [0.4, 0.5) is 0 Å². The van der Waals surface area contributed by atoms with Gasteiger partial charge in [0, 0.05) is 0 Å². The number of hydrogen-bond donors (Lipinski definition) is 0. The van der Waals surface area contributed by atoms with Crippen LogP contribution in [0.3, 0.4) is 0 Å². The van der Waals surface area contributed by atoms with Gasteiger partial charge in [-0.1, -0.05) is 291 Å². The molecule has 460 valence electrons. The molecular formula is C98H68. The molecule has 0 nitrogen and oxygen atoms in total. The van der Waals surface area contributed by atoms with Crippen LogP contribution in [0.5, 0.6) is 0 Å². The summed E-state index contributed by atoms with van der Waals surface area (Å²) in [7, 11) is 0. The Morgan fingerprint density at radius 1 is 0.143 bits per heavy atom. The summed E-state index contributed by atoms with van der Waals surface area (Å²) in [5.41, 5.74) is 35.2. The van der Waals surface area contributed by atoms with Gasteiger partial charge in [-0.05, 0) is 283 Å². The highest BCUT2D eigenvalue weighted by Gasteiger charge is 2.47. The average molecular weight is 1250 g/mol. The summed E-state index contributed by atoms with van der Waals surface area (Å²) in [6.07, 6.45) is 0. The van der Waals surface area contributed by atoms with E-state index in [-0.39, 0.29) is 0 Å². The Hall–Kier alpha value is -12.5. The highest BCUT2D eigenvalue weighted by atomic mass is 14.5. The summed E-state index contributed by atoms with van der Waals surface area (Å²) in [6.45, 7) is 2.24. The molecule has 16 aromatic carbocycles. The Balaban J connectivity index is 1.02. The summed E-state index contributed by atoms with van der Waals surface area (Å²) in [6, 6.07) is 147. The average Bonchev–Trinajstić information content (AvgIpc) is 1.51. The first-order valence-electron chi connectivity index (χ1n) is 34.0. The summed E-state index contributed by atoms with van der Waals surface area (Å²) < 4.78 is 0. The normalized spacial score (nSPS) is 12.0. The van der Waals surface area contributed by atoms with Crippen LogP contribution in [-0.2, 0) is 5.41 Å². The van der Waals surface area contributed by atoms with Crippen LogP contribution >= 0.6 is 0 Å². The third-order valence-corrected chi connectivity index (χ3v) is 19.9. The summed E-state index contributed by atoms with van der Waals surface area (Å²) in [5.74, 6) is 0. The molecule has 0 radical (unpaired) electrons. The number of fused-ring (bicyclic) bond motifs is 3. The van der Waals surface area contributed by atoms with Crippen molar-refractivity contribution in [1.82, 2.24) is 0 Å². The van der Waals surface area contributed by atoms with Gasteiger partial charge in [0.05, 0.1) is 5.41 Å². The fourth-order valence-corrected chi connectivity index (χ4v) is 15.1. The Bertz CT molecular complexity index is 4740. The number of aryl methyl sites for hydroxylation is 1. The molecule has 0 spiro atoms. The van der Waals surface area contributed by atoms with Gasteiger partial charge in [0.15, 0.2) is 0 Å². The molecule has 0 saturated carbocycles. The van der Waals surface area contributed by atoms with Crippen LogP contribution in [0, 0.1) is 6.92 Å². The second-order valence-electron chi connectivity index (χ2n) is 26.1. The van der Waals surface area contributed by atoms with Gasteiger partial charge in [0.2, 0.25) is 0 Å². The lowest BCUT2D eigenvalue weighted by Gasteiger charge is -2.35. The summed E-state index contributed by atoms with van der Waals surface area (Å²) >= 11 is 0. The van der Waals surface area contributed by atoms with E-state index in [1.165, 1.54) is 83.5 Å². The van der Waals surface area contributed by atoms with E-state index in [1.807, 2.05) is 0 Å². The Morgan fingerprint density at radius 3 is 0.561 bits per heavy atom. The molecule has 0 unspecified atom stereocenters. The van der Waals surface area contributed by atoms with Gasteiger partial charge in [-0.25, -0.2) is 0 Å². The molecule has 17 rings (SSSR count). The lowest BCUT2D eigenvalue weighted by Crippen LogP contribution is -2.29. The summed E-state index contributed by atoms with van der Waals surface area (Å²) in [4.78, 5) is 0. The zero-order valence-electron chi connectivity index (χ0n) is 54.5. The number of rotatable bonds is 14. The third-order valence-electron chi connectivity index (χ3n) is 19.9. The van der Waals surface area contributed by atoms with Crippen molar-refractivity contribution in [3.63, 3.8) is 0 Å². The van der Waals surface area contributed by atoms with E-state index in [1.54, 1.807) is 0 Å². The van der Waals surface area contributed by atoms with Crippen molar-refractivity contribution in [3.8, 4) is 145 Å². The van der Waals surface area contributed by atoms with E-state index in [0.717, 1.165) is 89.0 Å². The molecule has 0 aromatic heterocycles. The van der Waals surface area contributed by atoms with Crippen molar-refractivity contribution in [2.24, 2.45) is 0 Å². The minimum atomic E-state index is -0.896. The molecule has 0 N–H and O–H groups in total. The second kappa shape index (κ2) is 25.7. The van der Waals surface area contributed by atoms with E-state index < -0.39 is 5.41 Å². The standard InChI is InChI=1S/C98H68/c1-67-46-47-97-95(48-67)94-44-26-27-45-96(94)98(97,92-63-88(84-53-76(68-28-10-2-11-29-68)49-77(54-84)69-30-12-3-13-31-69)61-89(64-92)85-55-78(70-32-14-4-15-33-70)50-79(56-85)71-34-16-5-17-35-71)93-65-90(86-57-80(72-36-18-6-19-37-72)51-81(58-86)73-38-20-7-21-39-73)62-91(66-93)87-59-82(74-40-22-8-23-41-74)52-83(60-87)75-42-24-9-25-43-75/h2-66H,1H3. The molecule has 0 bridgehead atoms. The van der Waals surface area contributed by atoms with Crippen LogP contribution in [-0.4, -0.2) is 0 Å². The third kappa shape index (κ3) is 11.4. The fourth-order valence-electron chi connectivity index (χ4n) is 15.1. The van der Waals surface area contributed by atoms with E-state index in [4.69, 9.17) is 0 Å². The van der Waals surface area contributed by atoms with Gasteiger partial charge in [-0.3, -0.25) is 0 Å². The van der Waals surface area contributed by atoms with Crippen molar-refractivity contribution in [3.05, 3.63) is 422 Å². The predicted molar refractivity (Wildman–Crippen MR) is 414 cm³/mol. The lowest BCUT2D eigenvalue weighted by atomic mass is 9.66. The monoisotopic (exact) mass is 1240 g/mol. The molecule has 1 aliphatic carbocycles. The molecule has 0 fully saturated rings. The molecular weight excluding hydrogens is 1180 g/mol. The Labute approximate surface area is 575 Å². The van der Waals surface area contributed by atoms with Crippen LogP contribution < -0.4 is 0 Å². The molecule has 0 atom stereocenters. The van der Waals surface area contributed by atoms with Crippen molar-refractivity contribution in [1.29, 1.82) is 0 Å². The topological polar surface area (TPSA) is 0 Å². The van der Waals surface area contributed by atoms with Gasteiger partial charge in [0.25, 0.3) is 0 Å². The quantitative estimate of drug-likeness (QED) is 0.102. The zero-order valence-corrected chi connectivity index (χ0v) is 54.5. The molecule has 1 aliphatic rings. The summed E-state index contributed by atoms with van der Waals surface area (Å²) in [5, 5.41) is 0. The molecule has 98 heavy (non-hydrogen) atoms. The predicted octanol–water partition coefficient (Wildman–Crippen LogP) is 26.4. The molecule has 0 amide bonds. The van der Waals surface area contributed by atoms with Crippen molar-refractivity contribution >= 4 is 0 Å². The maximum atomic E-state index is 2.55. The molecule has 16 aromatic rings. The maximum Gasteiger partial charge on any atom is 0.0714 e. The van der Waals surface area contributed by atoms with Gasteiger partial charge < -0.3 is 0 Å². The maximum absolute atomic E-state index is 2.55. The van der Waals surface area contributed by atoms with Crippen molar-refractivity contribution < 1.29 is 0 Å². The van der Waals surface area contributed by atoms with Crippen molar-refractivity contribution in [2.75, 3.05) is 0 Å². The van der Waals surface area contributed by atoms with Crippen LogP contribution in [0.1, 0.15) is 27.8 Å². The molecule has 0 heteroatoms. The second-order valence-corrected chi connectivity index (χ2v) is 26.1. The van der Waals surface area contributed by atoms with E-state index in [9.17, 15) is 0 Å². The smallest absolute Gasteiger partial charge is 0.0622 e. The zero-order chi connectivity index (χ0) is 65.4. The number of hydrogen-bond acceptors (Lipinski definition) is 0.